The first-order chi connectivity index (χ1) is 15.9. The van der Waals surface area contributed by atoms with E-state index in [0.717, 1.165) is 42.7 Å². The zero-order valence-corrected chi connectivity index (χ0v) is 20.3. The normalized spacial score (nSPS) is 21.9. The SMILES string of the molecule is COc1ccc(C23CC2CN(CCCSc2nnc(-c4ocnc4C)n2C)C3)cc1C(C)=O. The maximum Gasteiger partial charge on any atom is 0.202 e. The van der Waals surface area contributed by atoms with Crippen molar-refractivity contribution in [3.05, 3.63) is 41.4 Å². The Hall–Kier alpha value is -2.65. The number of oxazole rings is 1. The van der Waals surface area contributed by atoms with Gasteiger partial charge in [-0.3, -0.25) is 4.79 Å². The molecule has 9 heteroatoms. The van der Waals surface area contributed by atoms with Crippen LogP contribution in [-0.2, 0) is 12.5 Å². The average Bonchev–Trinajstić information content (AvgIpc) is 3.10. The molecule has 1 aliphatic heterocycles. The van der Waals surface area contributed by atoms with E-state index >= 15 is 0 Å². The van der Waals surface area contributed by atoms with Crippen molar-refractivity contribution >= 4 is 17.5 Å². The molecule has 2 atom stereocenters. The number of piperidine rings is 1. The monoisotopic (exact) mass is 467 g/mol. The van der Waals surface area contributed by atoms with Crippen molar-refractivity contribution in [2.45, 2.75) is 37.3 Å². The minimum Gasteiger partial charge on any atom is -0.496 e. The molecule has 0 spiro atoms. The van der Waals surface area contributed by atoms with Gasteiger partial charge >= 0.3 is 0 Å². The molecular weight excluding hydrogens is 438 g/mol. The van der Waals surface area contributed by atoms with Crippen LogP contribution in [0.4, 0.5) is 0 Å². The summed E-state index contributed by atoms with van der Waals surface area (Å²) in [6.07, 6.45) is 3.73. The summed E-state index contributed by atoms with van der Waals surface area (Å²) in [5.74, 6) is 3.76. The Morgan fingerprint density at radius 2 is 2.21 bits per heavy atom. The number of likely N-dealkylation sites (tertiary alicyclic amines) is 1. The third kappa shape index (κ3) is 3.97. The number of aromatic nitrogens is 4. The van der Waals surface area contributed by atoms with Gasteiger partial charge in [-0.05, 0) is 56.8 Å². The van der Waals surface area contributed by atoms with E-state index in [9.17, 15) is 4.79 Å². The summed E-state index contributed by atoms with van der Waals surface area (Å²) in [6, 6.07) is 6.15. The van der Waals surface area contributed by atoms with E-state index in [-0.39, 0.29) is 11.2 Å². The molecule has 2 aliphatic rings. The van der Waals surface area contributed by atoms with Crippen molar-refractivity contribution in [3.63, 3.8) is 0 Å². The van der Waals surface area contributed by atoms with Gasteiger partial charge in [0.15, 0.2) is 23.1 Å². The van der Waals surface area contributed by atoms with Crippen molar-refractivity contribution in [1.82, 2.24) is 24.6 Å². The number of aryl methyl sites for hydroxylation is 1. The van der Waals surface area contributed by atoms with E-state index in [0.29, 0.717) is 28.8 Å². The van der Waals surface area contributed by atoms with Crippen LogP contribution >= 0.6 is 11.8 Å². The van der Waals surface area contributed by atoms with Gasteiger partial charge in [0.05, 0.1) is 18.4 Å². The number of methoxy groups -OCH3 is 1. The van der Waals surface area contributed by atoms with Gasteiger partial charge in [-0.15, -0.1) is 10.2 Å². The molecule has 1 saturated carbocycles. The number of benzene rings is 1. The molecule has 0 radical (unpaired) electrons. The Kier molecular flexibility index (Phi) is 5.78. The number of carbonyl (C=O) groups is 1. The Morgan fingerprint density at radius 1 is 1.36 bits per heavy atom. The van der Waals surface area contributed by atoms with Crippen LogP contribution in [0.3, 0.4) is 0 Å². The molecular formula is C24H29N5O3S. The molecule has 33 heavy (non-hydrogen) atoms. The average molecular weight is 468 g/mol. The van der Waals surface area contributed by atoms with Crippen LogP contribution < -0.4 is 4.74 Å². The lowest BCUT2D eigenvalue weighted by molar-refractivity contribution is 0.101. The number of nitrogens with zero attached hydrogens (tertiary/aromatic N) is 5. The molecule has 1 aliphatic carbocycles. The fraction of sp³-hybridized carbons (Fsp3) is 0.500. The molecule has 1 saturated heterocycles. The minimum absolute atomic E-state index is 0.0552. The van der Waals surface area contributed by atoms with Gasteiger partial charge < -0.3 is 18.6 Å². The van der Waals surface area contributed by atoms with Crippen LogP contribution in [0.1, 0.15) is 41.4 Å². The van der Waals surface area contributed by atoms with Crippen LogP contribution in [0.15, 0.2) is 34.2 Å². The zero-order valence-electron chi connectivity index (χ0n) is 19.5. The largest absolute Gasteiger partial charge is 0.496 e. The maximum absolute atomic E-state index is 12.1. The summed E-state index contributed by atoms with van der Waals surface area (Å²) >= 11 is 1.72. The Bertz CT molecular complexity index is 1190. The van der Waals surface area contributed by atoms with Crippen molar-refractivity contribution in [2.24, 2.45) is 13.0 Å². The summed E-state index contributed by atoms with van der Waals surface area (Å²) < 4.78 is 12.8. The number of Topliss-reactive ketones (excluding diaryl/α,β-unsaturated/α-hetero) is 1. The van der Waals surface area contributed by atoms with Crippen LogP contribution in [0.5, 0.6) is 5.75 Å². The highest BCUT2D eigenvalue weighted by Gasteiger charge is 2.60. The number of rotatable bonds is 9. The van der Waals surface area contributed by atoms with Crippen molar-refractivity contribution in [2.75, 3.05) is 32.5 Å². The first-order valence-electron chi connectivity index (χ1n) is 11.3. The van der Waals surface area contributed by atoms with E-state index in [1.807, 2.05) is 24.6 Å². The third-order valence-electron chi connectivity index (χ3n) is 7.00. The molecule has 0 N–H and O–H groups in total. The molecule has 3 aromatic rings. The highest BCUT2D eigenvalue weighted by atomic mass is 32.2. The van der Waals surface area contributed by atoms with Gasteiger partial charge in [-0.25, -0.2) is 4.98 Å². The fourth-order valence-corrected chi connectivity index (χ4v) is 5.94. The molecule has 3 heterocycles. The predicted octanol–water partition coefficient (Wildman–Crippen LogP) is 3.75. The second kappa shape index (κ2) is 8.61. The fourth-order valence-electron chi connectivity index (χ4n) is 5.10. The van der Waals surface area contributed by atoms with Gasteiger partial charge in [-0.2, -0.15) is 0 Å². The lowest BCUT2D eigenvalue weighted by Crippen LogP contribution is -2.28. The molecule has 2 aromatic heterocycles. The van der Waals surface area contributed by atoms with E-state index < -0.39 is 0 Å². The lowest BCUT2D eigenvalue weighted by Gasteiger charge is -2.21. The van der Waals surface area contributed by atoms with Gasteiger partial charge in [0, 0.05) is 31.3 Å². The number of hydrogen-bond donors (Lipinski definition) is 0. The second-order valence-corrected chi connectivity index (χ2v) is 10.2. The lowest BCUT2D eigenvalue weighted by atomic mass is 9.92. The summed E-state index contributed by atoms with van der Waals surface area (Å²) in [5.41, 5.74) is 2.99. The maximum atomic E-state index is 12.1. The van der Waals surface area contributed by atoms with E-state index in [1.54, 1.807) is 25.8 Å². The number of carbonyl (C=O) groups excluding carboxylic acids is 1. The Labute approximate surface area is 197 Å². The standard InChI is InChI=1S/C24H29N5O3S/c1-15-21(32-14-25-15)22-26-27-23(28(22)3)33-9-5-8-29-12-18-11-24(18,13-29)17-6-7-20(31-4)19(10-17)16(2)30/h6-7,10,14,18H,5,8-9,11-13H2,1-4H3. The minimum atomic E-state index is 0.0552. The second-order valence-electron chi connectivity index (χ2n) is 9.10. The van der Waals surface area contributed by atoms with Gasteiger partial charge in [-0.1, -0.05) is 17.8 Å². The highest BCUT2D eigenvalue weighted by molar-refractivity contribution is 7.99. The van der Waals surface area contributed by atoms with E-state index in [2.05, 4.69) is 32.2 Å². The van der Waals surface area contributed by atoms with Crippen LogP contribution in [0, 0.1) is 12.8 Å². The van der Waals surface area contributed by atoms with Crippen molar-refractivity contribution in [3.8, 4) is 17.3 Å². The molecule has 0 bridgehead atoms. The summed E-state index contributed by atoms with van der Waals surface area (Å²) in [6.45, 7) is 6.76. The number of hydrogen-bond acceptors (Lipinski definition) is 8. The molecule has 2 unspecified atom stereocenters. The summed E-state index contributed by atoms with van der Waals surface area (Å²) in [7, 11) is 3.58. The first kappa shape index (κ1) is 22.2. The summed E-state index contributed by atoms with van der Waals surface area (Å²) in [4.78, 5) is 18.8. The van der Waals surface area contributed by atoms with E-state index in [4.69, 9.17) is 9.15 Å². The predicted molar refractivity (Wildman–Crippen MR) is 126 cm³/mol. The highest BCUT2D eigenvalue weighted by Crippen LogP contribution is 2.59. The molecule has 0 amide bonds. The topological polar surface area (TPSA) is 86.3 Å². The Balaban J connectivity index is 1.16. The quantitative estimate of drug-likeness (QED) is 0.267. The zero-order chi connectivity index (χ0) is 23.2. The Morgan fingerprint density at radius 3 is 2.94 bits per heavy atom. The number of fused-ring (bicyclic) bond motifs is 1. The molecule has 2 fully saturated rings. The van der Waals surface area contributed by atoms with Gasteiger partial charge in [0.1, 0.15) is 5.75 Å². The third-order valence-corrected chi connectivity index (χ3v) is 8.11. The van der Waals surface area contributed by atoms with Crippen LogP contribution in [0.25, 0.3) is 11.6 Å². The van der Waals surface area contributed by atoms with E-state index in [1.165, 1.54) is 18.4 Å². The smallest absolute Gasteiger partial charge is 0.202 e. The molecule has 174 valence electrons. The molecule has 5 rings (SSSR count). The number of ether oxygens (including phenoxy) is 1. The van der Waals surface area contributed by atoms with Crippen LogP contribution in [-0.4, -0.2) is 62.9 Å². The van der Waals surface area contributed by atoms with Crippen molar-refractivity contribution < 1.29 is 13.9 Å². The first-order valence-corrected chi connectivity index (χ1v) is 12.3. The van der Waals surface area contributed by atoms with Crippen LogP contribution in [0.2, 0.25) is 0 Å². The number of ketones is 1. The molecule has 8 nitrogen and oxygen atoms in total. The molecule has 1 aromatic carbocycles. The van der Waals surface area contributed by atoms with Gasteiger partial charge in [0.25, 0.3) is 0 Å². The number of thioether (sulfide) groups is 1. The summed E-state index contributed by atoms with van der Waals surface area (Å²) in [5, 5.41) is 9.49. The van der Waals surface area contributed by atoms with Crippen molar-refractivity contribution in [1.29, 1.82) is 0 Å². The van der Waals surface area contributed by atoms with Gasteiger partial charge in [0.2, 0.25) is 5.82 Å².